The highest BCUT2D eigenvalue weighted by Gasteiger charge is 2.24. The second-order valence-corrected chi connectivity index (χ2v) is 6.29. The van der Waals surface area contributed by atoms with E-state index in [9.17, 15) is 9.59 Å². The van der Waals surface area contributed by atoms with Crippen molar-refractivity contribution in [3.8, 4) is 0 Å². The van der Waals surface area contributed by atoms with Gasteiger partial charge < -0.3 is 10.4 Å². The van der Waals surface area contributed by atoms with Crippen molar-refractivity contribution in [3.05, 3.63) is 69.6 Å². The molecule has 1 saturated heterocycles. The number of nitrogens with one attached hydrogen (secondary N) is 1. The molecule has 0 aromatic heterocycles. The molecule has 0 atom stereocenters. The molecule has 1 fully saturated rings. The molecule has 2 aromatic carbocycles. The molecular formula is C17H11ClN2O3S. The smallest absolute Gasteiger partial charge is 0.335 e. The van der Waals surface area contributed by atoms with Gasteiger partial charge in [0.25, 0.3) is 5.91 Å². The summed E-state index contributed by atoms with van der Waals surface area (Å²) in [5, 5.41) is 12.5. The van der Waals surface area contributed by atoms with E-state index in [2.05, 4.69) is 10.3 Å². The third kappa shape index (κ3) is 3.67. The normalized spacial score (nSPS) is 17.3. The van der Waals surface area contributed by atoms with Gasteiger partial charge in [-0.3, -0.25) is 4.79 Å². The SMILES string of the molecule is O=C1NC(=Nc2ccc(C(=O)O)cc2)S/C1=C\c1ccccc1Cl. The number of carboxylic acids is 1. The molecule has 2 aromatic rings. The van der Waals surface area contributed by atoms with Crippen LogP contribution >= 0.6 is 23.4 Å². The lowest BCUT2D eigenvalue weighted by molar-refractivity contribution is -0.115. The van der Waals surface area contributed by atoms with E-state index in [0.29, 0.717) is 20.8 Å². The van der Waals surface area contributed by atoms with E-state index in [4.69, 9.17) is 16.7 Å². The Morgan fingerprint density at radius 2 is 1.88 bits per heavy atom. The number of hydrogen-bond donors (Lipinski definition) is 2. The van der Waals surface area contributed by atoms with Crippen LogP contribution in [0.1, 0.15) is 15.9 Å². The maximum absolute atomic E-state index is 12.0. The van der Waals surface area contributed by atoms with Gasteiger partial charge in [0.1, 0.15) is 0 Å². The molecule has 1 aliphatic rings. The van der Waals surface area contributed by atoms with Gasteiger partial charge in [-0.05, 0) is 53.7 Å². The lowest BCUT2D eigenvalue weighted by Gasteiger charge is -1.98. The zero-order chi connectivity index (χ0) is 17.1. The molecule has 5 nitrogen and oxygen atoms in total. The largest absolute Gasteiger partial charge is 0.478 e. The minimum atomic E-state index is -0.997. The molecule has 1 aliphatic heterocycles. The molecule has 2 N–H and O–H groups in total. The van der Waals surface area contributed by atoms with Gasteiger partial charge in [0.15, 0.2) is 5.17 Å². The zero-order valence-electron chi connectivity index (χ0n) is 12.2. The summed E-state index contributed by atoms with van der Waals surface area (Å²) < 4.78 is 0. The Hall–Kier alpha value is -2.57. The monoisotopic (exact) mass is 358 g/mol. The number of aromatic carboxylic acids is 1. The Bertz CT molecular complexity index is 876. The molecule has 120 valence electrons. The quantitative estimate of drug-likeness (QED) is 0.815. The average Bonchev–Trinajstić information content (AvgIpc) is 2.89. The number of amides is 1. The van der Waals surface area contributed by atoms with Crippen LogP contribution in [0.25, 0.3) is 6.08 Å². The van der Waals surface area contributed by atoms with Gasteiger partial charge in [0, 0.05) is 5.02 Å². The predicted molar refractivity (Wildman–Crippen MR) is 95.7 cm³/mol. The number of hydrogen-bond acceptors (Lipinski definition) is 4. The predicted octanol–water partition coefficient (Wildman–Crippen LogP) is 3.93. The number of carbonyl (C=O) groups is 2. The van der Waals surface area contributed by atoms with E-state index >= 15 is 0 Å². The number of thioether (sulfide) groups is 1. The molecule has 0 radical (unpaired) electrons. The molecule has 3 rings (SSSR count). The van der Waals surface area contributed by atoms with Crippen LogP contribution in [0, 0.1) is 0 Å². The topological polar surface area (TPSA) is 78.8 Å². The number of benzene rings is 2. The minimum Gasteiger partial charge on any atom is -0.478 e. The summed E-state index contributed by atoms with van der Waals surface area (Å²) in [6, 6.07) is 13.3. The Morgan fingerprint density at radius 1 is 1.17 bits per heavy atom. The first-order chi connectivity index (χ1) is 11.5. The van der Waals surface area contributed by atoms with Crippen LogP contribution in [0.5, 0.6) is 0 Å². The number of nitrogens with zero attached hydrogens (tertiary/aromatic N) is 1. The first kappa shape index (κ1) is 16.3. The Labute approximate surface area is 147 Å². The highest BCUT2D eigenvalue weighted by Crippen LogP contribution is 2.29. The molecule has 7 heteroatoms. The highest BCUT2D eigenvalue weighted by atomic mass is 35.5. The number of rotatable bonds is 3. The summed E-state index contributed by atoms with van der Waals surface area (Å²) in [6.07, 6.45) is 1.71. The van der Waals surface area contributed by atoms with Crippen molar-refractivity contribution in [1.29, 1.82) is 0 Å². The number of amidine groups is 1. The summed E-state index contributed by atoms with van der Waals surface area (Å²) in [7, 11) is 0. The van der Waals surface area contributed by atoms with Crippen LogP contribution in [0.2, 0.25) is 5.02 Å². The van der Waals surface area contributed by atoms with Crippen LogP contribution < -0.4 is 5.32 Å². The lowest BCUT2D eigenvalue weighted by atomic mass is 10.2. The van der Waals surface area contributed by atoms with Crippen molar-refractivity contribution < 1.29 is 14.7 Å². The van der Waals surface area contributed by atoms with E-state index < -0.39 is 5.97 Å². The molecule has 0 spiro atoms. The average molecular weight is 359 g/mol. The van der Waals surface area contributed by atoms with Crippen LogP contribution in [-0.2, 0) is 4.79 Å². The summed E-state index contributed by atoms with van der Waals surface area (Å²) in [5.74, 6) is -1.25. The van der Waals surface area contributed by atoms with Gasteiger partial charge in [-0.15, -0.1) is 0 Å². The summed E-state index contributed by atoms with van der Waals surface area (Å²) >= 11 is 7.30. The van der Waals surface area contributed by atoms with E-state index in [1.54, 1.807) is 24.3 Å². The van der Waals surface area contributed by atoms with E-state index in [1.165, 1.54) is 23.9 Å². The summed E-state index contributed by atoms with van der Waals surface area (Å²) in [4.78, 5) is 27.7. The van der Waals surface area contributed by atoms with Crippen LogP contribution in [-0.4, -0.2) is 22.2 Å². The Balaban J connectivity index is 1.81. The maximum atomic E-state index is 12.0. The second-order valence-electron chi connectivity index (χ2n) is 4.86. The third-order valence-electron chi connectivity index (χ3n) is 3.19. The van der Waals surface area contributed by atoms with Gasteiger partial charge in [0.2, 0.25) is 0 Å². The summed E-state index contributed by atoms with van der Waals surface area (Å²) in [6.45, 7) is 0. The van der Waals surface area contributed by atoms with Gasteiger partial charge in [0.05, 0.1) is 16.2 Å². The third-order valence-corrected chi connectivity index (χ3v) is 4.44. The minimum absolute atomic E-state index is 0.182. The molecule has 0 unspecified atom stereocenters. The van der Waals surface area contributed by atoms with Gasteiger partial charge in [-0.25, -0.2) is 9.79 Å². The molecule has 0 saturated carbocycles. The molecule has 0 aliphatic carbocycles. The number of aliphatic imine (C=N–C) groups is 1. The van der Waals surface area contributed by atoms with Gasteiger partial charge >= 0.3 is 5.97 Å². The Kier molecular flexibility index (Phi) is 4.69. The molecule has 1 heterocycles. The van der Waals surface area contributed by atoms with Crippen LogP contribution in [0.4, 0.5) is 5.69 Å². The van der Waals surface area contributed by atoms with Crippen molar-refractivity contribution in [2.75, 3.05) is 0 Å². The van der Waals surface area contributed by atoms with E-state index in [1.807, 2.05) is 18.2 Å². The lowest BCUT2D eigenvalue weighted by Crippen LogP contribution is -2.19. The fourth-order valence-electron chi connectivity index (χ4n) is 2.01. The first-order valence-corrected chi connectivity index (χ1v) is 8.10. The van der Waals surface area contributed by atoms with Crippen LogP contribution in [0.3, 0.4) is 0 Å². The highest BCUT2D eigenvalue weighted by molar-refractivity contribution is 8.18. The molecule has 24 heavy (non-hydrogen) atoms. The van der Waals surface area contributed by atoms with E-state index in [0.717, 1.165) is 5.56 Å². The maximum Gasteiger partial charge on any atom is 0.335 e. The van der Waals surface area contributed by atoms with Crippen molar-refractivity contribution in [3.63, 3.8) is 0 Å². The van der Waals surface area contributed by atoms with Gasteiger partial charge in [-0.2, -0.15) is 0 Å². The molecule has 1 amide bonds. The van der Waals surface area contributed by atoms with Crippen LogP contribution in [0.15, 0.2) is 58.4 Å². The zero-order valence-corrected chi connectivity index (χ0v) is 13.8. The van der Waals surface area contributed by atoms with Crippen molar-refractivity contribution in [2.24, 2.45) is 4.99 Å². The fraction of sp³-hybridized carbons (Fsp3) is 0. The fourth-order valence-corrected chi connectivity index (χ4v) is 3.03. The number of carboxylic acid groups (broad SMARTS) is 1. The van der Waals surface area contributed by atoms with E-state index in [-0.39, 0.29) is 11.5 Å². The van der Waals surface area contributed by atoms with Gasteiger partial charge in [-0.1, -0.05) is 29.8 Å². The summed E-state index contributed by atoms with van der Waals surface area (Å²) in [5.41, 5.74) is 1.49. The molecule has 0 bridgehead atoms. The Morgan fingerprint density at radius 3 is 2.54 bits per heavy atom. The second kappa shape index (κ2) is 6.90. The number of halogens is 1. The van der Waals surface area contributed by atoms with Crippen molar-refractivity contribution in [1.82, 2.24) is 5.32 Å². The van der Waals surface area contributed by atoms with Crippen molar-refractivity contribution in [2.45, 2.75) is 0 Å². The number of carbonyl (C=O) groups excluding carboxylic acids is 1. The van der Waals surface area contributed by atoms with Crippen molar-refractivity contribution >= 4 is 52.2 Å². The standard InChI is InChI=1S/C17H11ClN2O3S/c18-13-4-2-1-3-11(13)9-14-15(21)20-17(24-14)19-12-7-5-10(6-8-12)16(22)23/h1-9H,(H,22,23)(H,19,20,21)/b14-9-. The first-order valence-electron chi connectivity index (χ1n) is 6.90. The molecular weight excluding hydrogens is 348 g/mol.